The lowest BCUT2D eigenvalue weighted by Crippen LogP contribution is -2.42. The van der Waals surface area contributed by atoms with Crippen molar-refractivity contribution in [1.29, 1.82) is 0 Å². The van der Waals surface area contributed by atoms with Crippen LogP contribution in [0.25, 0.3) is 0 Å². The molecule has 3 heteroatoms. The Labute approximate surface area is 115 Å². The maximum absolute atomic E-state index is 12.2. The van der Waals surface area contributed by atoms with Gasteiger partial charge in [0.2, 0.25) is 0 Å². The standard InChI is InChI=1S/C16H23NO2/c1-11-6-7-13-8-9-17(12(2)14(13)10-11)15(18)19-16(3,4)5/h6-7,10,12H,8-9H2,1-5H3/t12-/m0/s1. The molecule has 0 unspecified atom stereocenters. The number of hydrogen-bond acceptors (Lipinski definition) is 2. The van der Waals surface area contributed by atoms with Crippen molar-refractivity contribution in [1.82, 2.24) is 4.90 Å². The number of nitrogens with zero attached hydrogens (tertiary/aromatic N) is 1. The molecule has 0 saturated heterocycles. The molecule has 0 aromatic heterocycles. The predicted molar refractivity (Wildman–Crippen MR) is 76.2 cm³/mol. The lowest BCUT2D eigenvalue weighted by atomic mass is 9.92. The van der Waals surface area contributed by atoms with Crippen LogP contribution in [0.1, 0.15) is 50.4 Å². The van der Waals surface area contributed by atoms with E-state index >= 15 is 0 Å². The number of rotatable bonds is 0. The van der Waals surface area contributed by atoms with Crippen LogP contribution in [-0.4, -0.2) is 23.1 Å². The SMILES string of the molecule is Cc1ccc2c(c1)[C@H](C)N(C(=O)OC(C)(C)C)CC2. The first-order valence-electron chi connectivity index (χ1n) is 6.87. The second-order valence-electron chi connectivity index (χ2n) is 6.30. The maximum Gasteiger partial charge on any atom is 0.410 e. The Bertz CT molecular complexity index is 488. The van der Waals surface area contributed by atoms with Gasteiger partial charge >= 0.3 is 6.09 Å². The summed E-state index contributed by atoms with van der Waals surface area (Å²) in [6.45, 7) is 10.6. The molecule has 2 rings (SSSR count). The van der Waals surface area contributed by atoms with E-state index in [2.05, 4.69) is 32.0 Å². The van der Waals surface area contributed by atoms with Crippen LogP contribution in [0.4, 0.5) is 4.79 Å². The Morgan fingerprint density at radius 1 is 1.37 bits per heavy atom. The van der Waals surface area contributed by atoms with E-state index in [4.69, 9.17) is 4.74 Å². The van der Waals surface area contributed by atoms with Crippen molar-refractivity contribution in [2.75, 3.05) is 6.54 Å². The normalized spacial score (nSPS) is 19.0. The third-order valence-electron chi connectivity index (χ3n) is 3.47. The van der Waals surface area contributed by atoms with E-state index in [1.165, 1.54) is 16.7 Å². The highest BCUT2D eigenvalue weighted by Gasteiger charge is 2.30. The quantitative estimate of drug-likeness (QED) is 0.710. The molecule has 0 N–H and O–H groups in total. The Morgan fingerprint density at radius 2 is 2.05 bits per heavy atom. The van der Waals surface area contributed by atoms with Crippen LogP contribution in [0.15, 0.2) is 18.2 Å². The highest BCUT2D eigenvalue weighted by molar-refractivity contribution is 5.69. The van der Waals surface area contributed by atoms with E-state index < -0.39 is 5.60 Å². The minimum absolute atomic E-state index is 0.0819. The number of carbonyl (C=O) groups is 1. The Balaban J connectivity index is 2.21. The van der Waals surface area contributed by atoms with Gasteiger partial charge in [-0.15, -0.1) is 0 Å². The zero-order valence-electron chi connectivity index (χ0n) is 12.5. The van der Waals surface area contributed by atoms with E-state index in [9.17, 15) is 4.79 Å². The van der Waals surface area contributed by atoms with Crippen molar-refractivity contribution in [3.05, 3.63) is 34.9 Å². The van der Waals surface area contributed by atoms with Crippen LogP contribution < -0.4 is 0 Å². The highest BCUT2D eigenvalue weighted by Crippen LogP contribution is 2.31. The van der Waals surface area contributed by atoms with Crippen LogP contribution >= 0.6 is 0 Å². The monoisotopic (exact) mass is 261 g/mol. The van der Waals surface area contributed by atoms with Gasteiger partial charge in [0.15, 0.2) is 0 Å². The van der Waals surface area contributed by atoms with Gasteiger partial charge in [0, 0.05) is 6.54 Å². The summed E-state index contributed by atoms with van der Waals surface area (Å²) in [5, 5.41) is 0. The van der Waals surface area contributed by atoms with Gasteiger partial charge in [0.1, 0.15) is 5.60 Å². The largest absolute Gasteiger partial charge is 0.444 e. The topological polar surface area (TPSA) is 29.5 Å². The van der Waals surface area contributed by atoms with Gasteiger partial charge in [-0.25, -0.2) is 4.79 Å². The predicted octanol–water partition coefficient (Wildman–Crippen LogP) is 3.85. The summed E-state index contributed by atoms with van der Waals surface area (Å²) in [5.41, 5.74) is 3.38. The summed E-state index contributed by atoms with van der Waals surface area (Å²) in [5.74, 6) is 0. The number of carbonyl (C=O) groups excluding carboxylic acids is 1. The lowest BCUT2D eigenvalue weighted by molar-refractivity contribution is 0.0159. The van der Waals surface area contributed by atoms with Gasteiger partial charge in [-0.2, -0.15) is 0 Å². The van der Waals surface area contributed by atoms with Gasteiger partial charge in [-0.1, -0.05) is 23.8 Å². The molecule has 1 aliphatic rings. The molecule has 1 amide bonds. The molecule has 1 aromatic rings. The summed E-state index contributed by atoms with van der Waals surface area (Å²) in [6, 6.07) is 6.57. The zero-order chi connectivity index (χ0) is 14.2. The van der Waals surface area contributed by atoms with E-state index in [1.807, 2.05) is 25.7 Å². The second kappa shape index (κ2) is 4.87. The summed E-state index contributed by atoms with van der Waals surface area (Å²) in [7, 11) is 0. The van der Waals surface area contributed by atoms with Crippen molar-refractivity contribution < 1.29 is 9.53 Å². The second-order valence-corrected chi connectivity index (χ2v) is 6.30. The van der Waals surface area contributed by atoms with Crippen LogP contribution in [0, 0.1) is 6.92 Å². The third kappa shape index (κ3) is 3.09. The molecule has 0 saturated carbocycles. The van der Waals surface area contributed by atoms with Crippen molar-refractivity contribution in [3.8, 4) is 0 Å². The average molecular weight is 261 g/mol. The summed E-state index contributed by atoms with van der Waals surface area (Å²) in [4.78, 5) is 14.0. The molecular weight excluding hydrogens is 238 g/mol. The molecule has 0 spiro atoms. The van der Waals surface area contributed by atoms with Crippen LogP contribution in [0.3, 0.4) is 0 Å². The number of aryl methyl sites for hydroxylation is 1. The first-order valence-corrected chi connectivity index (χ1v) is 6.87. The maximum atomic E-state index is 12.2. The van der Waals surface area contributed by atoms with Crippen molar-refractivity contribution >= 4 is 6.09 Å². The molecule has 0 fully saturated rings. The first kappa shape index (κ1) is 13.9. The summed E-state index contributed by atoms with van der Waals surface area (Å²) >= 11 is 0. The molecule has 104 valence electrons. The van der Waals surface area contributed by atoms with Gasteiger partial charge in [-0.05, 0) is 52.2 Å². The number of fused-ring (bicyclic) bond motifs is 1. The fourth-order valence-corrected chi connectivity index (χ4v) is 2.50. The molecule has 19 heavy (non-hydrogen) atoms. The number of benzene rings is 1. The molecule has 1 heterocycles. The van der Waals surface area contributed by atoms with E-state index in [1.54, 1.807) is 0 Å². The Morgan fingerprint density at radius 3 is 2.68 bits per heavy atom. The summed E-state index contributed by atoms with van der Waals surface area (Å²) in [6.07, 6.45) is 0.686. The number of hydrogen-bond donors (Lipinski definition) is 0. The van der Waals surface area contributed by atoms with Gasteiger partial charge in [0.25, 0.3) is 0 Å². The molecule has 0 aliphatic carbocycles. The number of ether oxygens (including phenoxy) is 1. The van der Waals surface area contributed by atoms with Gasteiger partial charge in [0.05, 0.1) is 6.04 Å². The van der Waals surface area contributed by atoms with Gasteiger partial charge in [-0.3, -0.25) is 0 Å². The molecule has 1 atom stereocenters. The zero-order valence-corrected chi connectivity index (χ0v) is 12.5. The molecule has 0 radical (unpaired) electrons. The smallest absolute Gasteiger partial charge is 0.410 e. The van der Waals surface area contributed by atoms with E-state index in [-0.39, 0.29) is 12.1 Å². The highest BCUT2D eigenvalue weighted by atomic mass is 16.6. The lowest BCUT2D eigenvalue weighted by Gasteiger charge is -2.36. The fourth-order valence-electron chi connectivity index (χ4n) is 2.50. The third-order valence-corrected chi connectivity index (χ3v) is 3.47. The van der Waals surface area contributed by atoms with Crippen LogP contribution in [0.2, 0.25) is 0 Å². The molecule has 0 bridgehead atoms. The average Bonchev–Trinajstić information content (AvgIpc) is 2.28. The summed E-state index contributed by atoms with van der Waals surface area (Å²) < 4.78 is 5.48. The molecule has 3 nitrogen and oxygen atoms in total. The van der Waals surface area contributed by atoms with E-state index in [0.29, 0.717) is 0 Å². The first-order chi connectivity index (χ1) is 8.78. The van der Waals surface area contributed by atoms with Crippen molar-refractivity contribution in [3.63, 3.8) is 0 Å². The minimum atomic E-state index is -0.441. The van der Waals surface area contributed by atoms with Gasteiger partial charge < -0.3 is 9.64 Å². The van der Waals surface area contributed by atoms with Crippen molar-refractivity contribution in [2.24, 2.45) is 0 Å². The van der Waals surface area contributed by atoms with Crippen LogP contribution in [-0.2, 0) is 11.2 Å². The molecule has 1 aromatic carbocycles. The minimum Gasteiger partial charge on any atom is -0.444 e. The molecule has 1 aliphatic heterocycles. The number of amides is 1. The van der Waals surface area contributed by atoms with Crippen molar-refractivity contribution in [2.45, 2.75) is 52.7 Å². The Hall–Kier alpha value is -1.51. The fraction of sp³-hybridized carbons (Fsp3) is 0.562. The molecular formula is C16H23NO2. The van der Waals surface area contributed by atoms with Crippen LogP contribution in [0.5, 0.6) is 0 Å². The van der Waals surface area contributed by atoms with E-state index in [0.717, 1.165) is 13.0 Å². The Kier molecular flexibility index (Phi) is 3.57.